The van der Waals surface area contributed by atoms with E-state index in [0.29, 0.717) is 13.0 Å². The largest absolute Gasteiger partial charge is 0.354 e. The van der Waals surface area contributed by atoms with Gasteiger partial charge >= 0.3 is 0 Å². The maximum absolute atomic E-state index is 12.1. The minimum atomic E-state index is -0.162. The van der Waals surface area contributed by atoms with E-state index in [1.807, 2.05) is 30.3 Å². The fraction of sp³-hybridized carbons (Fsp3) is 0.316. The molecule has 1 atom stereocenters. The summed E-state index contributed by atoms with van der Waals surface area (Å²) in [6.45, 7) is 0.466. The number of rotatable bonds is 5. The quantitative estimate of drug-likeness (QED) is 0.885. The highest BCUT2D eigenvalue weighted by Gasteiger charge is 2.13. The molecule has 1 aliphatic carbocycles. The Kier molecular flexibility index (Phi) is 6.20. The third-order valence-corrected chi connectivity index (χ3v) is 4.27. The summed E-state index contributed by atoms with van der Waals surface area (Å²) in [6.07, 6.45) is 3.98. The Morgan fingerprint density at radius 2 is 1.83 bits per heavy atom. The number of carbonyl (C=O) groups is 1. The highest BCUT2D eigenvalue weighted by Crippen LogP contribution is 2.23. The van der Waals surface area contributed by atoms with E-state index in [4.69, 9.17) is 5.73 Å². The monoisotopic (exact) mass is 330 g/mol. The molecule has 0 saturated carbocycles. The number of hydrogen-bond acceptors (Lipinski definition) is 2. The van der Waals surface area contributed by atoms with Crippen LogP contribution in [-0.4, -0.2) is 12.5 Å². The van der Waals surface area contributed by atoms with E-state index in [9.17, 15) is 4.79 Å². The van der Waals surface area contributed by atoms with Gasteiger partial charge in [0.2, 0.25) is 5.91 Å². The molecule has 3 N–H and O–H groups in total. The number of carbonyl (C=O) groups excluding carboxylic acids is 1. The van der Waals surface area contributed by atoms with Crippen LogP contribution in [0.3, 0.4) is 0 Å². The van der Waals surface area contributed by atoms with Crippen LogP contribution in [0.5, 0.6) is 0 Å². The molecule has 4 heteroatoms. The maximum atomic E-state index is 12.1. The van der Waals surface area contributed by atoms with Crippen LogP contribution < -0.4 is 11.1 Å². The molecule has 0 bridgehead atoms. The zero-order chi connectivity index (χ0) is 15.4. The Morgan fingerprint density at radius 3 is 2.61 bits per heavy atom. The van der Waals surface area contributed by atoms with E-state index in [2.05, 4.69) is 23.5 Å². The van der Waals surface area contributed by atoms with Crippen molar-refractivity contribution in [2.75, 3.05) is 6.54 Å². The molecule has 2 aromatic carbocycles. The van der Waals surface area contributed by atoms with Crippen molar-refractivity contribution in [3.8, 4) is 0 Å². The third-order valence-electron chi connectivity index (χ3n) is 4.27. The lowest BCUT2D eigenvalue weighted by atomic mass is 10.0. The minimum Gasteiger partial charge on any atom is -0.354 e. The van der Waals surface area contributed by atoms with Gasteiger partial charge in [-0.25, -0.2) is 0 Å². The first-order chi connectivity index (χ1) is 10.7. The Bertz CT molecular complexity index is 658. The SMILES string of the molecule is Cl.NC(CNC(=O)Cc1ccc2c(c1)CCC2)c1ccccc1. The van der Waals surface area contributed by atoms with Crippen molar-refractivity contribution in [1.29, 1.82) is 0 Å². The van der Waals surface area contributed by atoms with Crippen LogP contribution in [0.1, 0.15) is 34.7 Å². The lowest BCUT2D eigenvalue weighted by Crippen LogP contribution is -2.32. The standard InChI is InChI=1S/C19H22N2O.ClH/c20-18(16-5-2-1-3-6-16)13-21-19(22)12-14-9-10-15-7-4-8-17(15)11-14;/h1-3,5-6,9-11,18H,4,7-8,12-13,20H2,(H,21,22);1H. The predicted octanol–water partition coefficient (Wildman–Crippen LogP) is 2.96. The Balaban J connectivity index is 0.00000192. The van der Waals surface area contributed by atoms with Gasteiger partial charge in [0.05, 0.1) is 6.42 Å². The van der Waals surface area contributed by atoms with Gasteiger partial charge in [-0.1, -0.05) is 48.5 Å². The second-order valence-electron chi connectivity index (χ2n) is 5.95. The van der Waals surface area contributed by atoms with Crippen LogP contribution in [0.25, 0.3) is 0 Å². The Labute approximate surface area is 143 Å². The van der Waals surface area contributed by atoms with E-state index in [-0.39, 0.29) is 24.4 Å². The van der Waals surface area contributed by atoms with Gasteiger partial charge in [-0.3, -0.25) is 4.79 Å². The first-order valence-electron chi connectivity index (χ1n) is 7.90. The molecular formula is C19H23ClN2O. The molecule has 122 valence electrons. The summed E-state index contributed by atoms with van der Waals surface area (Å²) in [5, 5.41) is 2.93. The van der Waals surface area contributed by atoms with Crippen LogP contribution in [0, 0.1) is 0 Å². The predicted molar refractivity (Wildman–Crippen MR) is 95.8 cm³/mol. The zero-order valence-electron chi connectivity index (χ0n) is 13.1. The molecular weight excluding hydrogens is 308 g/mol. The van der Waals surface area contributed by atoms with Crippen molar-refractivity contribution in [3.05, 3.63) is 70.8 Å². The van der Waals surface area contributed by atoms with Crippen molar-refractivity contribution < 1.29 is 4.79 Å². The average Bonchev–Trinajstić information content (AvgIpc) is 3.01. The van der Waals surface area contributed by atoms with E-state index in [1.54, 1.807) is 0 Å². The molecule has 0 radical (unpaired) electrons. The highest BCUT2D eigenvalue weighted by molar-refractivity contribution is 5.85. The number of nitrogens with one attached hydrogen (secondary N) is 1. The molecule has 0 aliphatic heterocycles. The molecule has 3 rings (SSSR count). The molecule has 1 amide bonds. The second-order valence-corrected chi connectivity index (χ2v) is 5.95. The number of halogens is 1. The lowest BCUT2D eigenvalue weighted by Gasteiger charge is -2.13. The first kappa shape index (κ1) is 17.5. The number of hydrogen-bond donors (Lipinski definition) is 2. The van der Waals surface area contributed by atoms with E-state index < -0.39 is 0 Å². The molecule has 1 unspecified atom stereocenters. The molecule has 2 aromatic rings. The Hall–Kier alpha value is -1.84. The van der Waals surface area contributed by atoms with Crippen molar-refractivity contribution in [1.82, 2.24) is 5.32 Å². The van der Waals surface area contributed by atoms with Crippen LogP contribution in [0.2, 0.25) is 0 Å². The molecule has 0 aromatic heterocycles. The zero-order valence-corrected chi connectivity index (χ0v) is 13.9. The number of benzene rings is 2. The van der Waals surface area contributed by atoms with E-state index in [0.717, 1.165) is 17.5 Å². The van der Waals surface area contributed by atoms with Crippen molar-refractivity contribution in [2.45, 2.75) is 31.7 Å². The van der Waals surface area contributed by atoms with Gasteiger partial charge in [-0.2, -0.15) is 0 Å². The molecule has 0 saturated heterocycles. The van der Waals surface area contributed by atoms with Crippen LogP contribution in [0.4, 0.5) is 0 Å². The topological polar surface area (TPSA) is 55.1 Å². The number of fused-ring (bicyclic) bond motifs is 1. The minimum absolute atomic E-state index is 0. The molecule has 0 spiro atoms. The molecule has 3 nitrogen and oxygen atoms in total. The van der Waals surface area contributed by atoms with Gasteiger partial charge in [0.15, 0.2) is 0 Å². The van der Waals surface area contributed by atoms with Crippen LogP contribution in [-0.2, 0) is 24.1 Å². The third kappa shape index (κ3) is 4.57. The summed E-state index contributed by atoms with van der Waals surface area (Å²) in [4.78, 5) is 12.1. The van der Waals surface area contributed by atoms with Crippen molar-refractivity contribution >= 4 is 18.3 Å². The first-order valence-corrected chi connectivity index (χ1v) is 7.90. The fourth-order valence-electron chi connectivity index (χ4n) is 3.02. The number of nitrogens with two attached hydrogens (primary N) is 1. The average molecular weight is 331 g/mol. The number of amides is 1. The smallest absolute Gasteiger partial charge is 0.224 e. The van der Waals surface area contributed by atoms with Gasteiger partial charge in [0, 0.05) is 12.6 Å². The van der Waals surface area contributed by atoms with Crippen LogP contribution in [0.15, 0.2) is 48.5 Å². The summed E-state index contributed by atoms with van der Waals surface area (Å²) in [7, 11) is 0. The number of aryl methyl sites for hydroxylation is 2. The lowest BCUT2D eigenvalue weighted by molar-refractivity contribution is -0.120. The van der Waals surface area contributed by atoms with Gasteiger partial charge in [-0.15, -0.1) is 12.4 Å². The van der Waals surface area contributed by atoms with Crippen molar-refractivity contribution in [2.24, 2.45) is 5.73 Å². The molecule has 0 heterocycles. The summed E-state index contributed by atoms with van der Waals surface area (Å²) in [5.41, 5.74) is 11.1. The maximum Gasteiger partial charge on any atom is 0.224 e. The van der Waals surface area contributed by atoms with Crippen molar-refractivity contribution in [3.63, 3.8) is 0 Å². The highest BCUT2D eigenvalue weighted by atomic mass is 35.5. The normalized spacial score (nSPS) is 13.8. The second kappa shape index (κ2) is 8.14. The van der Waals surface area contributed by atoms with Gasteiger partial charge in [-0.05, 0) is 41.5 Å². The molecule has 0 fully saturated rings. The summed E-state index contributed by atoms with van der Waals surface area (Å²) in [5.74, 6) is 0.0318. The van der Waals surface area contributed by atoms with E-state index >= 15 is 0 Å². The summed E-state index contributed by atoms with van der Waals surface area (Å²) < 4.78 is 0. The van der Waals surface area contributed by atoms with Gasteiger partial charge < -0.3 is 11.1 Å². The van der Waals surface area contributed by atoms with Gasteiger partial charge in [0.1, 0.15) is 0 Å². The molecule has 1 aliphatic rings. The van der Waals surface area contributed by atoms with E-state index in [1.165, 1.54) is 24.0 Å². The molecule has 23 heavy (non-hydrogen) atoms. The van der Waals surface area contributed by atoms with Crippen LogP contribution >= 0.6 is 12.4 Å². The summed E-state index contributed by atoms with van der Waals surface area (Å²) in [6, 6.07) is 16.1. The fourth-order valence-corrected chi connectivity index (χ4v) is 3.02. The summed E-state index contributed by atoms with van der Waals surface area (Å²) >= 11 is 0. The Morgan fingerprint density at radius 1 is 1.09 bits per heavy atom. The van der Waals surface area contributed by atoms with Gasteiger partial charge in [0.25, 0.3) is 0 Å².